The minimum atomic E-state index is -0.333. The smallest absolute Gasteiger partial charge is 0.277 e. The topological polar surface area (TPSA) is 64.8 Å². The van der Waals surface area contributed by atoms with Gasteiger partial charge in [0.1, 0.15) is 0 Å². The third-order valence-corrected chi connectivity index (χ3v) is 3.86. The molecule has 1 N–H and O–H groups in total. The lowest BCUT2D eigenvalue weighted by Gasteiger charge is -2.13. The standard InChI is InChI=1S/C19H25N3O3/c1-13(2)22-14(3)10-16(15(22)4)11-20-21-19(23)12-25-18-9-7-6-8-17(18)24-5/h6-11,13H,12H2,1-5H3,(H,21,23)/b20-11-. The summed E-state index contributed by atoms with van der Waals surface area (Å²) in [6.07, 6.45) is 1.65. The molecule has 1 amide bonds. The number of para-hydroxylation sites is 2. The zero-order valence-corrected chi connectivity index (χ0v) is 15.4. The molecular formula is C19H25N3O3. The molecule has 6 heteroatoms. The van der Waals surface area contributed by atoms with Crippen molar-refractivity contribution in [3.63, 3.8) is 0 Å². The van der Waals surface area contributed by atoms with Crippen molar-refractivity contribution >= 4 is 12.1 Å². The lowest BCUT2D eigenvalue weighted by Crippen LogP contribution is -2.24. The van der Waals surface area contributed by atoms with E-state index in [2.05, 4.69) is 41.9 Å². The van der Waals surface area contributed by atoms with Crippen molar-refractivity contribution in [2.75, 3.05) is 13.7 Å². The SMILES string of the molecule is COc1ccccc1OCC(=O)N/N=C\c1cc(C)n(C(C)C)c1C. The summed E-state index contributed by atoms with van der Waals surface area (Å²) < 4.78 is 12.9. The number of amides is 1. The van der Waals surface area contributed by atoms with Gasteiger partial charge in [-0.15, -0.1) is 0 Å². The van der Waals surface area contributed by atoms with Gasteiger partial charge in [-0.1, -0.05) is 12.1 Å². The first-order valence-corrected chi connectivity index (χ1v) is 8.20. The number of ether oxygens (including phenoxy) is 2. The molecule has 2 rings (SSSR count). The summed E-state index contributed by atoms with van der Waals surface area (Å²) in [7, 11) is 1.56. The Balaban J connectivity index is 1.92. The molecule has 1 heterocycles. The number of aromatic nitrogens is 1. The molecule has 0 saturated carbocycles. The number of rotatable bonds is 7. The predicted molar refractivity (Wildman–Crippen MR) is 98.5 cm³/mol. The van der Waals surface area contributed by atoms with Crippen LogP contribution in [-0.4, -0.2) is 30.4 Å². The second-order valence-electron chi connectivity index (χ2n) is 6.02. The number of nitrogens with zero attached hydrogens (tertiary/aromatic N) is 2. The molecule has 25 heavy (non-hydrogen) atoms. The van der Waals surface area contributed by atoms with Gasteiger partial charge in [-0.05, 0) is 45.9 Å². The molecular weight excluding hydrogens is 318 g/mol. The zero-order chi connectivity index (χ0) is 18.4. The summed E-state index contributed by atoms with van der Waals surface area (Å²) in [5.74, 6) is 0.768. The van der Waals surface area contributed by atoms with Crippen molar-refractivity contribution in [1.29, 1.82) is 0 Å². The van der Waals surface area contributed by atoms with E-state index in [1.54, 1.807) is 25.5 Å². The zero-order valence-electron chi connectivity index (χ0n) is 15.4. The van der Waals surface area contributed by atoms with Gasteiger partial charge in [-0.25, -0.2) is 5.43 Å². The van der Waals surface area contributed by atoms with Crippen molar-refractivity contribution in [3.05, 3.63) is 47.3 Å². The average molecular weight is 343 g/mol. The minimum absolute atomic E-state index is 0.136. The van der Waals surface area contributed by atoms with E-state index in [9.17, 15) is 4.79 Å². The maximum Gasteiger partial charge on any atom is 0.277 e. The van der Waals surface area contributed by atoms with Crippen molar-refractivity contribution in [2.45, 2.75) is 33.7 Å². The van der Waals surface area contributed by atoms with Crippen molar-refractivity contribution in [2.24, 2.45) is 5.10 Å². The van der Waals surface area contributed by atoms with Crippen LogP contribution in [0.1, 0.15) is 36.8 Å². The Hall–Kier alpha value is -2.76. The molecule has 134 valence electrons. The van der Waals surface area contributed by atoms with Crippen LogP contribution in [0.25, 0.3) is 0 Å². The van der Waals surface area contributed by atoms with Crippen molar-refractivity contribution in [3.8, 4) is 11.5 Å². The lowest BCUT2D eigenvalue weighted by atomic mass is 10.2. The number of carbonyl (C=O) groups is 1. The van der Waals surface area contributed by atoms with Gasteiger partial charge in [-0.3, -0.25) is 4.79 Å². The fraction of sp³-hybridized carbons (Fsp3) is 0.368. The summed E-state index contributed by atoms with van der Waals surface area (Å²) in [5, 5.41) is 4.02. The Morgan fingerprint density at radius 3 is 2.56 bits per heavy atom. The van der Waals surface area contributed by atoms with Crippen LogP contribution in [0.5, 0.6) is 11.5 Å². The van der Waals surface area contributed by atoms with Crippen LogP contribution in [0, 0.1) is 13.8 Å². The summed E-state index contributed by atoms with van der Waals surface area (Å²) in [4.78, 5) is 11.9. The quantitative estimate of drug-likeness (QED) is 0.620. The molecule has 0 radical (unpaired) electrons. The van der Waals surface area contributed by atoms with Crippen molar-refractivity contribution < 1.29 is 14.3 Å². The first-order valence-electron chi connectivity index (χ1n) is 8.20. The van der Waals surface area contributed by atoms with Gasteiger partial charge in [0.25, 0.3) is 5.91 Å². The van der Waals surface area contributed by atoms with Gasteiger partial charge in [0.15, 0.2) is 18.1 Å². The van der Waals surface area contributed by atoms with E-state index in [0.29, 0.717) is 17.5 Å². The van der Waals surface area contributed by atoms with Crippen LogP contribution in [0.15, 0.2) is 35.4 Å². The van der Waals surface area contributed by atoms with Crippen LogP contribution in [0.3, 0.4) is 0 Å². The number of nitrogens with one attached hydrogen (secondary N) is 1. The molecule has 0 aliphatic heterocycles. The van der Waals surface area contributed by atoms with E-state index >= 15 is 0 Å². The maximum absolute atomic E-state index is 11.9. The minimum Gasteiger partial charge on any atom is -0.493 e. The number of methoxy groups -OCH3 is 1. The van der Waals surface area contributed by atoms with Crippen LogP contribution < -0.4 is 14.9 Å². The van der Waals surface area contributed by atoms with Crippen molar-refractivity contribution in [1.82, 2.24) is 9.99 Å². The van der Waals surface area contributed by atoms with E-state index in [1.165, 1.54) is 5.69 Å². The Bertz CT molecular complexity index is 763. The Morgan fingerprint density at radius 1 is 1.28 bits per heavy atom. The fourth-order valence-corrected chi connectivity index (χ4v) is 2.82. The van der Waals surface area contributed by atoms with E-state index in [4.69, 9.17) is 9.47 Å². The van der Waals surface area contributed by atoms with Gasteiger partial charge in [-0.2, -0.15) is 5.10 Å². The first kappa shape index (κ1) is 18.6. The van der Waals surface area contributed by atoms with Gasteiger partial charge in [0.05, 0.1) is 13.3 Å². The molecule has 0 spiro atoms. The van der Waals surface area contributed by atoms with Crippen LogP contribution in [0.2, 0.25) is 0 Å². The molecule has 0 aliphatic carbocycles. The van der Waals surface area contributed by atoms with E-state index in [-0.39, 0.29) is 12.5 Å². The molecule has 0 aliphatic rings. The number of aryl methyl sites for hydroxylation is 1. The molecule has 6 nitrogen and oxygen atoms in total. The fourth-order valence-electron chi connectivity index (χ4n) is 2.82. The van der Waals surface area contributed by atoms with Crippen LogP contribution >= 0.6 is 0 Å². The average Bonchev–Trinajstić information content (AvgIpc) is 2.87. The monoisotopic (exact) mass is 343 g/mol. The Labute approximate surface area is 148 Å². The highest BCUT2D eigenvalue weighted by Crippen LogP contribution is 2.25. The molecule has 1 aromatic carbocycles. The third-order valence-electron chi connectivity index (χ3n) is 3.86. The Morgan fingerprint density at radius 2 is 1.96 bits per heavy atom. The summed E-state index contributed by atoms with van der Waals surface area (Å²) in [6, 6.07) is 9.61. The third kappa shape index (κ3) is 4.62. The molecule has 2 aromatic rings. The second-order valence-corrected chi connectivity index (χ2v) is 6.02. The van der Waals surface area contributed by atoms with E-state index < -0.39 is 0 Å². The number of hydrogen-bond acceptors (Lipinski definition) is 4. The largest absolute Gasteiger partial charge is 0.493 e. The molecule has 0 saturated heterocycles. The highest BCUT2D eigenvalue weighted by atomic mass is 16.5. The van der Waals surface area contributed by atoms with Gasteiger partial charge >= 0.3 is 0 Å². The number of benzene rings is 1. The first-order chi connectivity index (χ1) is 11.9. The van der Waals surface area contributed by atoms with Gasteiger partial charge < -0.3 is 14.0 Å². The summed E-state index contributed by atoms with van der Waals surface area (Å²) >= 11 is 0. The normalized spacial score (nSPS) is 11.1. The highest BCUT2D eigenvalue weighted by Gasteiger charge is 2.10. The van der Waals surface area contributed by atoms with Crippen LogP contribution in [-0.2, 0) is 4.79 Å². The summed E-state index contributed by atoms with van der Waals surface area (Å²) in [5.41, 5.74) is 5.75. The Kier molecular flexibility index (Phi) is 6.22. The van der Waals surface area contributed by atoms with Crippen LogP contribution in [0.4, 0.5) is 0 Å². The molecule has 0 atom stereocenters. The molecule has 0 fully saturated rings. The number of carbonyl (C=O) groups excluding carboxylic acids is 1. The molecule has 1 aromatic heterocycles. The van der Waals surface area contributed by atoms with Gasteiger partial charge in [0, 0.05) is 23.0 Å². The lowest BCUT2D eigenvalue weighted by molar-refractivity contribution is -0.123. The summed E-state index contributed by atoms with van der Waals surface area (Å²) in [6.45, 7) is 8.24. The van der Waals surface area contributed by atoms with E-state index in [1.807, 2.05) is 19.1 Å². The van der Waals surface area contributed by atoms with Gasteiger partial charge in [0.2, 0.25) is 0 Å². The number of hydrogen-bond donors (Lipinski definition) is 1. The highest BCUT2D eigenvalue weighted by molar-refractivity contribution is 5.84. The number of hydrazone groups is 1. The second kappa shape index (κ2) is 8.37. The molecule has 0 bridgehead atoms. The maximum atomic E-state index is 11.9. The predicted octanol–water partition coefficient (Wildman–Crippen LogP) is 3.22. The molecule has 0 unspecified atom stereocenters. The van der Waals surface area contributed by atoms with E-state index in [0.717, 1.165) is 11.3 Å².